The topological polar surface area (TPSA) is 49.4 Å². The highest BCUT2D eigenvalue weighted by Crippen LogP contribution is 2.28. The molecule has 2 unspecified atom stereocenters. The second-order valence-electron chi connectivity index (χ2n) is 5.66. The van der Waals surface area contributed by atoms with Gasteiger partial charge < -0.3 is 0 Å². The van der Waals surface area contributed by atoms with Gasteiger partial charge in [-0.05, 0) is 37.5 Å². The van der Waals surface area contributed by atoms with Crippen molar-refractivity contribution < 1.29 is 8.42 Å². The number of nitrogens with zero attached hydrogens (tertiary/aromatic N) is 1. The summed E-state index contributed by atoms with van der Waals surface area (Å²) in [7, 11) is -3.31. The molecule has 0 spiro atoms. The molecule has 1 N–H and O–H groups in total. The molecular weight excluding hydrogens is 272 g/mol. The molecule has 2 atom stereocenters. The van der Waals surface area contributed by atoms with Crippen molar-refractivity contribution in [3.05, 3.63) is 0 Å². The van der Waals surface area contributed by atoms with Crippen LogP contribution in [-0.2, 0) is 10.2 Å². The summed E-state index contributed by atoms with van der Waals surface area (Å²) in [5.41, 5.74) is 0. The summed E-state index contributed by atoms with van der Waals surface area (Å²) in [6.07, 6.45) is 4.95. The maximum atomic E-state index is 12.3. The van der Waals surface area contributed by atoms with E-state index in [0.717, 1.165) is 32.1 Å². The smallest absolute Gasteiger partial charge is 0.199 e. The van der Waals surface area contributed by atoms with Crippen LogP contribution in [0, 0.1) is 11.8 Å². The lowest BCUT2D eigenvalue weighted by Crippen LogP contribution is -2.49. The predicted octanol–water partition coefficient (Wildman–Crippen LogP) is 1.96. The van der Waals surface area contributed by atoms with Crippen LogP contribution in [-0.4, -0.2) is 37.7 Å². The van der Waals surface area contributed by atoms with Gasteiger partial charge in [-0.2, -0.15) is 17.4 Å². The van der Waals surface area contributed by atoms with Crippen LogP contribution >= 0.6 is 11.6 Å². The fourth-order valence-electron chi connectivity index (χ4n) is 2.87. The molecule has 1 heterocycles. The highest BCUT2D eigenvalue weighted by molar-refractivity contribution is 7.87. The van der Waals surface area contributed by atoms with Gasteiger partial charge in [0.25, 0.3) is 10.2 Å². The second kappa shape index (κ2) is 6.07. The average Bonchev–Trinajstić information content (AvgIpc) is 2.76. The standard InChI is InChI=1S/C12H23ClN2O2S/c1-10-5-7-15(8-6-10)18(16,17)14-12-4-2-3-11(12)9-13/h10-12,14H,2-9H2,1H3. The summed E-state index contributed by atoms with van der Waals surface area (Å²) < 4.78 is 29.0. The van der Waals surface area contributed by atoms with Gasteiger partial charge in [-0.25, -0.2) is 0 Å². The first kappa shape index (κ1) is 14.6. The van der Waals surface area contributed by atoms with Crippen molar-refractivity contribution in [2.75, 3.05) is 19.0 Å². The molecule has 0 radical (unpaired) electrons. The molecule has 0 amide bonds. The maximum absolute atomic E-state index is 12.3. The SMILES string of the molecule is CC1CCN(S(=O)(=O)NC2CCCC2CCl)CC1. The van der Waals surface area contributed by atoms with Gasteiger partial charge in [0.2, 0.25) is 0 Å². The number of hydrogen-bond acceptors (Lipinski definition) is 2. The van der Waals surface area contributed by atoms with E-state index in [1.807, 2.05) is 0 Å². The highest BCUT2D eigenvalue weighted by atomic mass is 35.5. The zero-order valence-electron chi connectivity index (χ0n) is 10.9. The van der Waals surface area contributed by atoms with Crippen LogP contribution in [0.25, 0.3) is 0 Å². The first-order valence-corrected chi connectivity index (χ1v) is 8.83. The molecule has 0 bridgehead atoms. The number of alkyl halides is 1. The minimum atomic E-state index is -3.31. The minimum absolute atomic E-state index is 0.0341. The van der Waals surface area contributed by atoms with E-state index >= 15 is 0 Å². The maximum Gasteiger partial charge on any atom is 0.279 e. The Labute approximate surface area is 115 Å². The fourth-order valence-corrected chi connectivity index (χ4v) is 4.77. The van der Waals surface area contributed by atoms with Crippen molar-refractivity contribution >= 4 is 21.8 Å². The second-order valence-corrected chi connectivity index (χ2v) is 7.67. The molecule has 1 saturated heterocycles. The fraction of sp³-hybridized carbons (Fsp3) is 1.00. The molecule has 1 aliphatic heterocycles. The average molecular weight is 295 g/mol. The van der Waals surface area contributed by atoms with Crippen molar-refractivity contribution in [2.24, 2.45) is 11.8 Å². The van der Waals surface area contributed by atoms with E-state index < -0.39 is 10.2 Å². The number of hydrogen-bond donors (Lipinski definition) is 1. The Kier molecular flexibility index (Phi) is 4.92. The summed E-state index contributed by atoms with van der Waals surface area (Å²) in [6, 6.07) is 0.0341. The lowest BCUT2D eigenvalue weighted by molar-refractivity contribution is 0.282. The van der Waals surface area contributed by atoms with E-state index in [4.69, 9.17) is 11.6 Å². The Bertz CT molecular complexity index is 366. The molecule has 106 valence electrons. The zero-order chi connectivity index (χ0) is 13.2. The van der Waals surface area contributed by atoms with Crippen molar-refractivity contribution in [2.45, 2.75) is 45.1 Å². The van der Waals surface area contributed by atoms with E-state index in [9.17, 15) is 8.42 Å². The third-order valence-electron chi connectivity index (χ3n) is 4.24. The highest BCUT2D eigenvalue weighted by Gasteiger charge is 2.33. The van der Waals surface area contributed by atoms with Crippen LogP contribution in [0.2, 0.25) is 0 Å². The van der Waals surface area contributed by atoms with Gasteiger partial charge in [0.15, 0.2) is 0 Å². The van der Waals surface area contributed by atoms with Gasteiger partial charge >= 0.3 is 0 Å². The quantitative estimate of drug-likeness (QED) is 0.806. The van der Waals surface area contributed by atoms with Gasteiger partial charge in [0.1, 0.15) is 0 Å². The van der Waals surface area contributed by atoms with E-state index in [-0.39, 0.29) is 6.04 Å². The van der Waals surface area contributed by atoms with Crippen LogP contribution in [0.15, 0.2) is 0 Å². The molecule has 0 aromatic carbocycles. The summed E-state index contributed by atoms with van der Waals surface area (Å²) >= 11 is 5.89. The molecule has 1 aliphatic carbocycles. The van der Waals surface area contributed by atoms with Crippen LogP contribution in [0.4, 0.5) is 0 Å². The first-order chi connectivity index (χ1) is 8.53. The van der Waals surface area contributed by atoms with Crippen molar-refractivity contribution in [3.63, 3.8) is 0 Å². The van der Waals surface area contributed by atoms with E-state index in [2.05, 4.69) is 11.6 Å². The summed E-state index contributed by atoms with van der Waals surface area (Å²) in [4.78, 5) is 0. The van der Waals surface area contributed by atoms with Gasteiger partial charge in [-0.3, -0.25) is 0 Å². The molecule has 6 heteroatoms. The zero-order valence-corrected chi connectivity index (χ0v) is 12.5. The molecule has 2 rings (SSSR count). The van der Waals surface area contributed by atoms with Crippen molar-refractivity contribution in [3.8, 4) is 0 Å². The Balaban J connectivity index is 1.94. The number of piperidine rings is 1. The number of nitrogens with one attached hydrogen (secondary N) is 1. The van der Waals surface area contributed by atoms with Crippen LogP contribution in [0.1, 0.15) is 39.0 Å². The third-order valence-corrected chi connectivity index (χ3v) is 6.28. The van der Waals surface area contributed by atoms with Crippen LogP contribution in [0.3, 0.4) is 0 Å². The molecular formula is C12H23ClN2O2S. The van der Waals surface area contributed by atoms with E-state index in [0.29, 0.717) is 30.8 Å². The molecule has 0 aromatic rings. The Morgan fingerprint density at radius 3 is 2.50 bits per heavy atom. The predicted molar refractivity (Wildman–Crippen MR) is 73.9 cm³/mol. The van der Waals surface area contributed by atoms with Crippen molar-refractivity contribution in [1.82, 2.24) is 9.03 Å². The number of rotatable bonds is 4. The van der Waals surface area contributed by atoms with Gasteiger partial charge in [-0.15, -0.1) is 11.6 Å². The Hall–Kier alpha value is 0.160. The largest absolute Gasteiger partial charge is 0.279 e. The normalized spacial score (nSPS) is 31.9. The molecule has 2 aliphatic rings. The van der Waals surface area contributed by atoms with Crippen molar-refractivity contribution in [1.29, 1.82) is 0 Å². The van der Waals surface area contributed by atoms with Gasteiger partial charge in [-0.1, -0.05) is 13.3 Å². The molecule has 0 aromatic heterocycles. The third kappa shape index (κ3) is 3.38. The number of halogens is 1. The van der Waals surface area contributed by atoms with E-state index in [1.54, 1.807) is 4.31 Å². The lowest BCUT2D eigenvalue weighted by atomic mass is 10.0. The Morgan fingerprint density at radius 1 is 1.22 bits per heavy atom. The summed E-state index contributed by atoms with van der Waals surface area (Å²) in [5, 5.41) is 0. The molecule has 18 heavy (non-hydrogen) atoms. The molecule has 4 nitrogen and oxygen atoms in total. The summed E-state index contributed by atoms with van der Waals surface area (Å²) in [5.74, 6) is 1.48. The summed E-state index contributed by atoms with van der Waals surface area (Å²) in [6.45, 7) is 3.47. The lowest BCUT2D eigenvalue weighted by Gasteiger charge is -2.31. The monoisotopic (exact) mass is 294 g/mol. The van der Waals surface area contributed by atoms with E-state index in [1.165, 1.54) is 0 Å². The molecule has 1 saturated carbocycles. The minimum Gasteiger partial charge on any atom is -0.199 e. The van der Waals surface area contributed by atoms with Gasteiger partial charge in [0.05, 0.1) is 0 Å². The first-order valence-electron chi connectivity index (χ1n) is 6.86. The molecule has 2 fully saturated rings. The Morgan fingerprint density at radius 2 is 1.89 bits per heavy atom. The van der Waals surface area contributed by atoms with Crippen LogP contribution in [0.5, 0.6) is 0 Å². The van der Waals surface area contributed by atoms with Gasteiger partial charge in [0, 0.05) is 25.0 Å². The van der Waals surface area contributed by atoms with Crippen LogP contribution < -0.4 is 4.72 Å².